The first-order valence-corrected chi connectivity index (χ1v) is 18.3. The molecule has 11 rings (SSSR count). The Morgan fingerprint density at radius 1 is 0.345 bits per heavy atom. The summed E-state index contributed by atoms with van der Waals surface area (Å²) < 4.78 is 6.88. The third-order valence-corrected chi connectivity index (χ3v) is 11.1. The van der Waals surface area contributed by atoms with E-state index in [1.807, 2.05) is 36.4 Å². The van der Waals surface area contributed by atoms with Crippen LogP contribution in [0.1, 0.15) is 11.1 Å². The van der Waals surface area contributed by atoms with Gasteiger partial charge < -0.3 is 13.7 Å². The van der Waals surface area contributed by atoms with Gasteiger partial charge in [0.05, 0.1) is 61.7 Å². The lowest BCUT2D eigenvalue weighted by Crippen LogP contribution is -2.00. The molecule has 5 heteroatoms. The van der Waals surface area contributed by atoms with E-state index in [1.165, 1.54) is 32.6 Å². The fourth-order valence-electron chi connectivity index (χ4n) is 8.76. The Labute approximate surface area is 316 Å². The van der Waals surface area contributed by atoms with Crippen LogP contribution in [0.4, 0.5) is 0 Å². The molecule has 0 N–H and O–H groups in total. The molecule has 0 radical (unpaired) electrons. The number of hydrogen-bond acceptors (Lipinski definition) is 2. The highest BCUT2D eigenvalue weighted by Crippen LogP contribution is 2.40. The lowest BCUT2D eigenvalue weighted by molar-refractivity contribution is 1.15. The van der Waals surface area contributed by atoms with E-state index in [-0.39, 0.29) is 0 Å². The van der Waals surface area contributed by atoms with E-state index in [1.54, 1.807) is 0 Å². The maximum absolute atomic E-state index is 10.7. The fraction of sp³-hybridized carbons (Fsp3) is 0. The van der Waals surface area contributed by atoms with Crippen LogP contribution >= 0.6 is 0 Å². The fourth-order valence-corrected chi connectivity index (χ4v) is 8.76. The average Bonchev–Trinajstić information content (AvgIpc) is 3.88. The summed E-state index contributed by atoms with van der Waals surface area (Å²) in [5, 5.41) is 27.2. The molecule has 5 nitrogen and oxygen atoms in total. The first kappa shape index (κ1) is 30.7. The van der Waals surface area contributed by atoms with E-state index in [2.05, 4.69) is 165 Å². The van der Waals surface area contributed by atoms with Gasteiger partial charge in [-0.25, -0.2) is 0 Å². The van der Waals surface area contributed by atoms with Crippen molar-refractivity contribution in [3.05, 3.63) is 187 Å². The smallest absolute Gasteiger partial charge is 0.101 e. The van der Waals surface area contributed by atoms with Crippen molar-refractivity contribution >= 4 is 65.4 Å². The predicted molar refractivity (Wildman–Crippen MR) is 224 cm³/mol. The van der Waals surface area contributed by atoms with Gasteiger partial charge in [0.2, 0.25) is 0 Å². The van der Waals surface area contributed by atoms with Gasteiger partial charge >= 0.3 is 0 Å². The molecule has 8 aromatic carbocycles. The molecular weight excluding hydrogens is 671 g/mol. The number of fused-ring (bicyclic) bond motifs is 9. The molecule has 3 aromatic heterocycles. The number of hydrogen-bond donors (Lipinski definition) is 0. The molecule has 0 atom stereocenters. The highest BCUT2D eigenvalue weighted by atomic mass is 15.0. The van der Waals surface area contributed by atoms with Crippen molar-refractivity contribution in [1.82, 2.24) is 13.7 Å². The lowest BCUT2D eigenvalue weighted by Gasteiger charge is -2.16. The highest BCUT2D eigenvalue weighted by molar-refractivity contribution is 6.13. The van der Waals surface area contributed by atoms with Crippen molar-refractivity contribution in [3.63, 3.8) is 0 Å². The number of para-hydroxylation sites is 5. The zero-order valence-corrected chi connectivity index (χ0v) is 29.5. The van der Waals surface area contributed by atoms with Crippen LogP contribution in [0, 0.1) is 22.7 Å². The summed E-state index contributed by atoms with van der Waals surface area (Å²) in [6.07, 6.45) is 0. The Kier molecular flexibility index (Phi) is 6.61. The number of rotatable bonds is 4. The number of nitriles is 2. The predicted octanol–water partition coefficient (Wildman–Crippen LogP) is 12.4. The summed E-state index contributed by atoms with van der Waals surface area (Å²) in [5.74, 6) is 0. The standard InChI is InChI=1S/C50H29N5/c51-30-32-21-25-49-42(27-32)40-15-5-10-20-48(40)54(49)43-26-22-33(28-34(43)31-52)36-11-1-6-16-44(36)55-47-19-9-4-14-39(47)41-24-23-35(29-50(41)55)53-45-17-7-2-12-37(45)38-13-3-8-18-46(38)53/h1-29H. The summed E-state index contributed by atoms with van der Waals surface area (Å²) in [7, 11) is 0. The molecule has 0 spiro atoms. The van der Waals surface area contributed by atoms with Crippen molar-refractivity contribution < 1.29 is 0 Å². The van der Waals surface area contributed by atoms with Crippen molar-refractivity contribution in [2.45, 2.75) is 0 Å². The minimum atomic E-state index is 0.565. The van der Waals surface area contributed by atoms with Gasteiger partial charge in [-0.15, -0.1) is 0 Å². The van der Waals surface area contributed by atoms with Crippen molar-refractivity contribution in [2.75, 3.05) is 0 Å². The molecule has 0 aliphatic rings. The van der Waals surface area contributed by atoms with E-state index in [0.29, 0.717) is 11.1 Å². The molecule has 55 heavy (non-hydrogen) atoms. The van der Waals surface area contributed by atoms with Crippen molar-refractivity contribution in [3.8, 4) is 40.3 Å². The molecule has 11 aromatic rings. The van der Waals surface area contributed by atoms with Gasteiger partial charge in [-0.3, -0.25) is 0 Å². The summed E-state index contributed by atoms with van der Waals surface area (Å²) >= 11 is 0. The Hall–Kier alpha value is -7.86. The summed E-state index contributed by atoms with van der Waals surface area (Å²) in [6, 6.07) is 66.0. The van der Waals surface area contributed by atoms with Crippen LogP contribution in [0.3, 0.4) is 0 Å². The van der Waals surface area contributed by atoms with Crippen molar-refractivity contribution in [1.29, 1.82) is 10.5 Å². The van der Waals surface area contributed by atoms with E-state index < -0.39 is 0 Å². The molecule has 0 saturated heterocycles. The molecule has 0 fully saturated rings. The van der Waals surface area contributed by atoms with Crippen LogP contribution in [0.15, 0.2) is 176 Å². The molecule has 254 valence electrons. The van der Waals surface area contributed by atoms with Crippen LogP contribution in [0.5, 0.6) is 0 Å². The molecule has 0 amide bonds. The third-order valence-electron chi connectivity index (χ3n) is 11.1. The van der Waals surface area contributed by atoms with Gasteiger partial charge in [0.25, 0.3) is 0 Å². The Balaban J connectivity index is 1.13. The molecule has 0 bridgehead atoms. The monoisotopic (exact) mass is 699 g/mol. The van der Waals surface area contributed by atoms with Gasteiger partial charge in [0.1, 0.15) is 6.07 Å². The van der Waals surface area contributed by atoms with Gasteiger partial charge in [0, 0.05) is 43.6 Å². The normalized spacial score (nSPS) is 11.6. The quantitative estimate of drug-likeness (QED) is 0.184. The van der Waals surface area contributed by atoms with Crippen LogP contribution in [0.2, 0.25) is 0 Å². The second-order valence-electron chi connectivity index (χ2n) is 14.0. The second kappa shape index (κ2) is 11.8. The van der Waals surface area contributed by atoms with E-state index in [0.717, 1.165) is 61.0 Å². The number of aromatic nitrogens is 3. The molecular formula is C50H29N5. The Bertz CT molecular complexity index is 3420. The van der Waals surface area contributed by atoms with Crippen LogP contribution < -0.4 is 0 Å². The van der Waals surface area contributed by atoms with Gasteiger partial charge in [0.15, 0.2) is 0 Å². The number of benzene rings is 8. The van der Waals surface area contributed by atoms with E-state index in [4.69, 9.17) is 0 Å². The first-order valence-electron chi connectivity index (χ1n) is 18.3. The highest BCUT2D eigenvalue weighted by Gasteiger charge is 2.20. The molecule has 0 aliphatic heterocycles. The minimum absolute atomic E-state index is 0.565. The Morgan fingerprint density at radius 2 is 0.873 bits per heavy atom. The lowest BCUT2D eigenvalue weighted by atomic mass is 10.00. The Morgan fingerprint density at radius 3 is 1.51 bits per heavy atom. The van der Waals surface area contributed by atoms with Crippen LogP contribution in [0.25, 0.3) is 93.6 Å². The minimum Gasteiger partial charge on any atom is -0.309 e. The largest absolute Gasteiger partial charge is 0.309 e. The van der Waals surface area contributed by atoms with E-state index in [9.17, 15) is 10.5 Å². The SMILES string of the molecule is N#Cc1ccc2c(c1)c1ccccc1n2-c1ccc(-c2ccccc2-n2c3ccccc3c3ccc(-n4c5ccccc5c5ccccc54)cc32)cc1C#N. The zero-order valence-electron chi connectivity index (χ0n) is 29.5. The van der Waals surface area contributed by atoms with Gasteiger partial charge in [-0.05, 0) is 78.4 Å². The summed E-state index contributed by atoms with van der Waals surface area (Å²) in [4.78, 5) is 0. The zero-order chi connectivity index (χ0) is 36.6. The first-order chi connectivity index (χ1) is 27.2. The number of nitrogens with zero attached hydrogens (tertiary/aromatic N) is 5. The topological polar surface area (TPSA) is 62.4 Å². The van der Waals surface area contributed by atoms with E-state index >= 15 is 0 Å². The second-order valence-corrected chi connectivity index (χ2v) is 14.0. The molecule has 0 saturated carbocycles. The maximum atomic E-state index is 10.7. The van der Waals surface area contributed by atoms with Crippen LogP contribution in [-0.4, -0.2) is 13.7 Å². The van der Waals surface area contributed by atoms with Gasteiger partial charge in [-0.1, -0.05) is 103 Å². The van der Waals surface area contributed by atoms with Crippen LogP contribution in [-0.2, 0) is 0 Å². The average molecular weight is 700 g/mol. The third kappa shape index (κ3) is 4.45. The summed E-state index contributed by atoms with van der Waals surface area (Å²) in [5.41, 5.74) is 12.6. The summed E-state index contributed by atoms with van der Waals surface area (Å²) in [6.45, 7) is 0. The van der Waals surface area contributed by atoms with Crippen molar-refractivity contribution in [2.24, 2.45) is 0 Å². The molecule has 0 aliphatic carbocycles. The maximum Gasteiger partial charge on any atom is 0.101 e. The molecule has 0 unspecified atom stereocenters. The molecule has 3 heterocycles. The van der Waals surface area contributed by atoms with Gasteiger partial charge in [-0.2, -0.15) is 10.5 Å².